The average Bonchev–Trinajstić information content (AvgIpc) is 3.08. The van der Waals surface area contributed by atoms with E-state index in [1.165, 1.54) is 6.07 Å². The fourth-order valence-electron chi connectivity index (χ4n) is 4.19. The molecule has 1 amide bonds. The van der Waals surface area contributed by atoms with Gasteiger partial charge in [0.25, 0.3) is 11.6 Å². The molecule has 0 aromatic heterocycles. The van der Waals surface area contributed by atoms with E-state index in [0.717, 1.165) is 50.9 Å². The van der Waals surface area contributed by atoms with Crippen LogP contribution < -0.4 is 15.5 Å². The maximum Gasteiger partial charge on any atom is 0.293 e. The third-order valence-electron chi connectivity index (χ3n) is 5.94. The minimum Gasteiger partial charge on any atom is -0.383 e. The van der Waals surface area contributed by atoms with Crippen LogP contribution in [0.3, 0.4) is 0 Å². The number of carbonyl (C=O) groups excluding carboxylic acids is 1. The number of hydrogen-bond donors (Lipinski definition) is 2. The number of nitro benzene ring substituents is 1. The monoisotopic (exact) mass is 374 g/mol. The molecule has 2 aliphatic rings. The van der Waals surface area contributed by atoms with E-state index in [2.05, 4.69) is 29.4 Å². The van der Waals surface area contributed by atoms with Gasteiger partial charge in [0.2, 0.25) is 0 Å². The second-order valence-corrected chi connectivity index (χ2v) is 8.16. The van der Waals surface area contributed by atoms with Crippen molar-refractivity contribution in [1.82, 2.24) is 5.32 Å². The van der Waals surface area contributed by atoms with Gasteiger partial charge in [-0.2, -0.15) is 0 Å². The predicted octanol–water partition coefficient (Wildman–Crippen LogP) is 3.79. The number of nitrogens with zero attached hydrogens (tertiary/aromatic N) is 2. The first-order valence-electron chi connectivity index (χ1n) is 9.95. The minimum absolute atomic E-state index is 0.0593. The third kappa shape index (κ3) is 4.34. The number of benzene rings is 1. The molecule has 7 nitrogen and oxygen atoms in total. The van der Waals surface area contributed by atoms with E-state index < -0.39 is 4.92 Å². The summed E-state index contributed by atoms with van der Waals surface area (Å²) >= 11 is 0. The number of anilines is 2. The van der Waals surface area contributed by atoms with Gasteiger partial charge in [-0.15, -0.1) is 0 Å². The van der Waals surface area contributed by atoms with Gasteiger partial charge in [0.1, 0.15) is 5.69 Å². The van der Waals surface area contributed by atoms with E-state index >= 15 is 0 Å². The molecule has 3 rings (SSSR count). The number of nitro groups is 1. The van der Waals surface area contributed by atoms with Gasteiger partial charge in [-0.3, -0.25) is 14.9 Å². The molecule has 7 heteroatoms. The van der Waals surface area contributed by atoms with Gasteiger partial charge >= 0.3 is 0 Å². The molecule has 0 bridgehead atoms. The number of carbonyl (C=O) groups is 1. The summed E-state index contributed by atoms with van der Waals surface area (Å²) in [6.45, 7) is 6.16. The number of rotatable bonds is 5. The highest BCUT2D eigenvalue weighted by molar-refractivity contribution is 6.02. The van der Waals surface area contributed by atoms with Crippen molar-refractivity contribution in [3.63, 3.8) is 0 Å². The van der Waals surface area contributed by atoms with Crippen molar-refractivity contribution in [1.29, 1.82) is 0 Å². The van der Waals surface area contributed by atoms with Crippen molar-refractivity contribution >= 4 is 23.0 Å². The SMILES string of the molecule is CNc1cc(N2CCC(C)C2)c(C(=O)NC2CCC(C)CC2)cc1[N+](=O)[O-]. The zero-order valence-corrected chi connectivity index (χ0v) is 16.5. The maximum atomic E-state index is 13.0. The quantitative estimate of drug-likeness (QED) is 0.605. The van der Waals surface area contributed by atoms with E-state index in [1.54, 1.807) is 13.1 Å². The largest absolute Gasteiger partial charge is 0.383 e. The van der Waals surface area contributed by atoms with Gasteiger partial charge in [-0.1, -0.05) is 13.8 Å². The Labute approximate surface area is 160 Å². The molecule has 1 atom stereocenters. The van der Waals surface area contributed by atoms with Crippen molar-refractivity contribution in [2.24, 2.45) is 11.8 Å². The zero-order valence-electron chi connectivity index (χ0n) is 16.5. The Morgan fingerprint density at radius 3 is 2.41 bits per heavy atom. The van der Waals surface area contributed by atoms with Crippen molar-refractivity contribution in [2.45, 2.75) is 52.0 Å². The van der Waals surface area contributed by atoms with Crippen molar-refractivity contribution < 1.29 is 9.72 Å². The molecule has 27 heavy (non-hydrogen) atoms. The normalized spacial score (nSPS) is 25.3. The van der Waals surface area contributed by atoms with Crippen molar-refractivity contribution in [2.75, 3.05) is 30.4 Å². The molecule has 1 aromatic carbocycles. The molecule has 2 N–H and O–H groups in total. The number of nitrogens with one attached hydrogen (secondary N) is 2. The van der Waals surface area contributed by atoms with E-state index in [9.17, 15) is 14.9 Å². The summed E-state index contributed by atoms with van der Waals surface area (Å²) < 4.78 is 0. The Hall–Kier alpha value is -2.31. The molecule has 1 unspecified atom stereocenters. The Bertz CT molecular complexity index is 713. The Morgan fingerprint density at radius 2 is 1.85 bits per heavy atom. The molecule has 1 aromatic rings. The standard InChI is InChI=1S/C20H30N4O3/c1-13-4-6-15(7-5-13)22-20(25)16-10-19(24(26)27)17(21-3)11-18(16)23-9-8-14(2)12-23/h10-11,13-15,21H,4-9,12H2,1-3H3,(H,22,25). The Morgan fingerprint density at radius 1 is 1.15 bits per heavy atom. The smallest absolute Gasteiger partial charge is 0.293 e. The number of hydrogen-bond acceptors (Lipinski definition) is 5. The third-order valence-corrected chi connectivity index (χ3v) is 5.94. The number of amides is 1. The first kappa shape index (κ1) is 19.5. The van der Waals surface area contributed by atoms with Crippen LogP contribution in [0.4, 0.5) is 17.1 Å². The van der Waals surface area contributed by atoms with Crippen LogP contribution in [0.1, 0.15) is 56.3 Å². The first-order chi connectivity index (χ1) is 12.9. The fraction of sp³-hybridized carbons (Fsp3) is 0.650. The minimum atomic E-state index is -0.429. The van der Waals surface area contributed by atoms with Gasteiger partial charge in [0.15, 0.2) is 0 Å². The molecule has 148 valence electrons. The molecule has 0 radical (unpaired) electrons. The van der Waals surface area contributed by atoms with Crippen LogP contribution in [-0.2, 0) is 0 Å². The van der Waals surface area contributed by atoms with Gasteiger partial charge in [0.05, 0.1) is 16.2 Å². The van der Waals surface area contributed by atoms with Crippen LogP contribution in [0.2, 0.25) is 0 Å². The van der Waals surface area contributed by atoms with E-state index in [1.807, 2.05) is 0 Å². The van der Waals surface area contributed by atoms with Crippen molar-refractivity contribution in [3.05, 3.63) is 27.8 Å². The van der Waals surface area contributed by atoms with E-state index in [0.29, 0.717) is 23.1 Å². The van der Waals surface area contributed by atoms with E-state index in [-0.39, 0.29) is 17.6 Å². The molecule has 1 aliphatic heterocycles. The molecule has 1 aliphatic carbocycles. The summed E-state index contributed by atoms with van der Waals surface area (Å²) in [4.78, 5) is 26.3. The molecular formula is C20H30N4O3. The summed E-state index contributed by atoms with van der Waals surface area (Å²) in [6, 6.07) is 3.35. The molecular weight excluding hydrogens is 344 g/mol. The van der Waals surface area contributed by atoms with Crippen LogP contribution in [0, 0.1) is 22.0 Å². The summed E-state index contributed by atoms with van der Waals surface area (Å²) in [6.07, 6.45) is 5.23. The second kappa shape index (κ2) is 8.15. The second-order valence-electron chi connectivity index (χ2n) is 8.16. The van der Waals surface area contributed by atoms with Gasteiger partial charge in [-0.05, 0) is 50.0 Å². The zero-order chi connectivity index (χ0) is 19.6. The topological polar surface area (TPSA) is 87.5 Å². The first-order valence-corrected chi connectivity index (χ1v) is 9.95. The summed E-state index contributed by atoms with van der Waals surface area (Å²) in [5, 5.41) is 17.5. The molecule has 1 saturated carbocycles. The lowest BCUT2D eigenvalue weighted by molar-refractivity contribution is -0.383. The predicted molar refractivity (Wildman–Crippen MR) is 108 cm³/mol. The molecule has 2 fully saturated rings. The van der Waals surface area contributed by atoms with Crippen molar-refractivity contribution in [3.8, 4) is 0 Å². The highest BCUT2D eigenvalue weighted by Crippen LogP contribution is 2.36. The summed E-state index contributed by atoms with van der Waals surface area (Å²) in [5.74, 6) is 1.06. The maximum absolute atomic E-state index is 13.0. The summed E-state index contributed by atoms with van der Waals surface area (Å²) in [5.41, 5.74) is 1.58. The Balaban J connectivity index is 1.91. The van der Waals surface area contributed by atoms with Crippen LogP contribution in [0.5, 0.6) is 0 Å². The highest BCUT2D eigenvalue weighted by Gasteiger charge is 2.29. The average molecular weight is 374 g/mol. The molecule has 1 heterocycles. The molecule has 1 saturated heterocycles. The van der Waals surface area contributed by atoms with Crippen LogP contribution in [0.15, 0.2) is 12.1 Å². The summed E-state index contributed by atoms with van der Waals surface area (Å²) in [7, 11) is 1.67. The lowest BCUT2D eigenvalue weighted by Gasteiger charge is -2.28. The highest BCUT2D eigenvalue weighted by atomic mass is 16.6. The fourth-order valence-corrected chi connectivity index (χ4v) is 4.19. The van der Waals surface area contributed by atoms with Crippen LogP contribution in [-0.4, -0.2) is 37.0 Å². The van der Waals surface area contributed by atoms with Gasteiger partial charge in [-0.25, -0.2) is 0 Å². The molecule has 0 spiro atoms. The van der Waals surface area contributed by atoms with Gasteiger partial charge < -0.3 is 15.5 Å². The van der Waals surface area contributed by atoms with Crippen LogP contribution >= 0.6 is 0 Å². The Kier molecular flexibility index (Phi) is 5.87. The lowest BCUT2D eigenvalue weighted by Crippen LogP contribution is -2.38. The van der Waals surface area contributed by atoms with E-state index in [4.69, 9.17) is 0 Å². The lowest BCUT2D eigenvalue weighted by atomic mass is 9.87. The van der Waals surface area contributed by atoms with Gasteiger partial charge in [0, 0.05) is 32.2 Å². The van der Waals surface area contributed by atoms with Crippen LogP contribution in [0.25, 0.3) is 0 Å².